The van der Waals surface area contributed by atoms with Gasteiger partial charge in [-0.05, 0) is 52.2 Å². The zero-order valence-corrected chi connectivity index (χ0v) is 11.8. The van der Waals surface area contributed by atoms with Gasteiger partial charge in [0.1, 0.15) is 0 Å². The van der Waals surface area contributed by atoms with Gasteiger partial charge in [-0.3, -0.25) is 4.79 Å². The van der Waals surface area contributed by atoms with E-state index in [0.717, 1.165) is 38.8 Å². The van der Waals surface area contributed by atoms with Gasteiger partial charge in [-0.1, -0.05) is 6.42 Å². The van der Waals surface area contributed by atoms with Crippen molar-refractivity contribution in [2.45, 2.75) is 38.1 Å². The van der Waals surface area contributed by atoms with E-state index in [1.54, 1.807) is 0 Å². The lowest BCUT2D eigenvalue weighted by molar-refractivity contribution is -0.138. The number of carbonyl (C=O) groups excluding carboxylic acids is 1. The van der Waals surface area contributed by atoms with Crippen molar-refractivity contribution in [3.8, 4) is 0 Å². The van der Waals surface area contributed by atoms with Gasteiger partial charge in [-0.15, -0.1) is 0 Å². The van der Waals surface area contributed by atoms with Crippen LogP contribution in [0, 0.1) is 11.8 Å². The van der Waals surface area contributed by atoms with Gasteiger partial charge >= 0.3 is 0 Å². The molecule has 0 aromatic rings. The zero-order valence-electron chi connectivity index (χ0n) is 11.8. The second-order valence-corrected chi connectivity index (χ2v) is 6.05. The molecule has 4 heteroatoms. The van der Waals surface area contributed by atoms with Gasteiger partial charge in [-0.2, -0.15) is 0 Å². The van der Waals surface area contributed by atoms with Crippen molar-refractivity contribution in [1.82, 2.24) is 9.80 Å². The van der Waals surface area contributed by atoms with E-state index in [2.05, 4.69) is 23.9 Å². The number of piperidine rings is 1. The Balaban J connectivity index is 1.87. The maximum atomic E-state index is 12.5. The summed E-state index contributed by atoms with van der Waals surface area (Å²) in [6.07, 6.45) is 5.58. The molecule has 0 radical (unpaired) electrons. The number of hydrogen-bond acceptors (Lipinski definition) is 3. The van der Waals surface area contributed by atoms with Crippen LogP contribution in [0.1, 0.15) is 32.1 Å². The minimum atomic E-state index is 0.214. The van der Waals surface area contributed by atoms with Crippen LogP contribution in [-0.4, -0.2) is 55.5 Å². The lowest BCUT2D eigenvalue weighted by Gasteiger charge is -2.37. The molecule has 1 aliphatic heterocycles. The highest BCUT2D eigenvalue weighted by Crippen LogP contribution is 2.33. The first-order valence-electron chi connectivity index (χ1n) is 7.28. The van der Waals surface area contributed by atoms with Crippen molar-refractivity contribution in [2.24, 2.45) is 17.6 Å². The molecule has 0 aromatic carbocycles. The van der Waals surface area contributed by atoms with Crippen LogP contribution in [0.5, 0.6) is 0 Å². The van der Waals surface area contributed by atoms with Crippen LogP contribution >= 0.6 is 0 Å². The molecule has 1 saturated carbocycles. The Labute approximate surface area is 110 Å². The molecule has 104 valence electrons. The molecular weight excluding hydrogens is 226 g/mol. The number of nitrogens with zero attached hydrogens (tertiary/aromatic N) is 2. The largest absolute Gasteiger partial charge is 0.342 e. The predicted octanol–water partition coefficient (Wildman–Crippen LogP) is 0.914. The fourth-order valence-electron chi connectivity index (χ4n) is 3.48. The molecule has 2 atom stereocenters. The van der Waals surface area contributed by atoms with E-state index in [1.165, 1.54) is 6.42 Å². The maximum absolute atomic E-state index is 12.5. The van der Waals surface area contributed by atoms with Crippen LogP contribution < -0.4 is 5.73 Å². The van der Waals surface area contributed by atoms with E-state index >= 15 is 0 Å². The first-order chi connectivity index (χ1) is 8.63. The summed E-state index contributed by atoms with van der Waals surface area (Å²) >= 11 is 0. The molecule has 2 aliphatic rings. The molecule has 2 fully saturated rings. The van der Waals surface area contributed by atoms with E-state index in [9.17, 15) is 4.79 Å². The van der Waals surface area contributed by atoms with Gasteiger partial charge in [0.2, 0.25) is 5.91 Å². The standard InChI is InChI=1S/C14H27N3O/c1-16(2)12-6-8-17(9-7-12)14(18)13-5-3-4-11(13)10-15/h11-13H,3-10,15H2,1-2H3/t11-,13-/m1/s1. The van der Waals surface area contributed by atoms with Crippen molar-refractivity contribution in [2.75, 3.05) is 33.7 Å². The number of likely N-dealkylation sites (tertiary alicyclic amines) is 1. The fraction of sp³-hybridized carbons (Fsp3) is 0.929. The summed E-state index contributed by atoms with van der Waals surface area (Å²) in [5, 5.41) is 0. The summed E-state index contributed by atoms with van der Waals surface area (Å²) in [6, 6.07) is 0.642. The second kappa shape index (κ2) is 6.02. The zero-order chi connectivity index (χ0) is 13.1. The Morgan fingerprint density at radius 3 is 2.44 bits per heavy atom. The van der Waals surface area contributed by atoms with E-state index in [1.807, 2.05) is 0 Å². The number of amides is 1. The van der Waals surface area contributed by atoms with E-state index in [-0.39, 0.29) is 5.92 Å². The lowest BCUT2D eigenvalue weighted by atomic mass is 9.93. The quantitative estimate of drug-likeness (QED) is 0.813. The first kappa shape index (κ1) is 13.8. The Bertz CT molecular complexity index is 285. The minimum Gasteiger partial charge on any atom is -0.342 e. The molecule has 0 unspecified atom stereocenters. The summed E-state index contributed by atoms with van der Waals surface area (Å²) in [6.45, 7) is 2.52. The molecule has 2 rings (SSSR count). The van der Waals surface area contributed by atoms with Crippen LogP contribution in [-0.2, 0) is 4.79 Å². The summed E-state index contributed by atoms with van der Waals surface area (Å²) in [4.78, 5) is 16.9. The number of rotatable bonds is 3. The van der Waals surface area contributed by atoms with Crippen LogP contribution in [0.2, 0.25) is 0 Å². The fourth-order valence-corrected chi connectivity index (χ4v) is 3.48. The van der Waals surface area contributed by atoms with Crippen molar-refractivity contribution >= 4 is 5.91 Å². The molecule has 0 aromatic heterocycles. The summed E-state index contributed by atoms with van der Waals surface area (Å²) in [5.74, 6) is 1.02. The molecule has 1 aliphatic carbocycles. The normalized spacial score (nSPS) is 30.1. The van der Waals surface area contributed by atoms with E-state index in [0.29, 0.717) is 24.4 Å². The number of nitrogens with two attached hydrogens (primary N) is 1. The highest BCUT2D eigenvalue weighted by molar-refractivity contribution is 5.79. The average molecular weight is 253 g/mol. The highest BCUT2D eigenvalue weighted by atomic mass is 16.2. The predicted molar refractivity (Wildman–Crippen MR) is 73.2 cm³/mol. The van der Waals surface area contributed by atoms with Crippen molar-refractivity contribution in [3.05, 3.63) is 0 Å². The molecule has 2 N–H and O–H groups in total. The van der Waals surface area contributed by atoms with Crippen molar-refractivity contribution in [1.29, 1.82) is 0 Å². The van der Waals surface area contributed by atoms with Crippen molar-refractivity contribution in [3.63, 3.8) is 0 Å². The van der Waals surface area contributed by atoms with Crippen molar-refractivity contribution < 1.29 is 4.79 Å². The monoisotopic (exact) mass is 253 g/mol. The lowest BCUT2D eigenvalue weighted by Crippen LogP contribution is -2.47. The molecule has 1 saturated heterocycles. The first-order valence-corrected chi connectivity index (χ1v) is 7.28. The van der Waals surface area contributed by atoms with Gasteiger partial charge < -0.3 is 15.5 Å². The molecule has 0 bridgehead atoms. The van der Waals surface area contributed by atoms with Crippen LogP contribution in [0.3, 0.4) is 0 Å². The maximum Gasteiger partial charge on any atom is 0.226 e. The molecule has 0 spiro atoms. The van der Waals surface area contributed by atoms with E-state index in [4.69, 9.17) is 5.73 Å². The van der Waals surface area contributed by atoms with Crippen LogP contribution in [0.25, 0.3) is 0 Å². The highest BCUT2D eigenvalue weighted by Gasteiger charge is 2.35. The minimum absolute atomic E-state index is 0.214. The molecular formula is C14H27N3O. The summed E-state index contributed by atoms with van der Waals surface area (Å²) < 4.78 is 0. The SMILES string of the molecule is CN(C)C1CCN(C(=O)[C@@H]2CCC[C@@H]2CN)CC1. The van der Waals surface area contributed by atoms with Gasteiger partial charge in [0.05, 0.1) is 0 Å². The third kappa shape index (κ3) is 2.86. The smallest absolute Gasteiger partial charge is 0.226 e. The van der Waals surface area contributed by atoms with Crippen LogP contribution in [0.4, 0.5) is 0 Å². The summed E-state index contributed by atoms with van der Waals surface area (Å²) in [7, 11) is 4.26. The number of carbonyl (C=O) groups is 1. The Kier molecular flexibility index (Phi) is 4.62. The Hall–Kier alpha value is -0.610. The topological polar surface area (TPSA) is 49.6 Å². The molecule has 1 amide bonds. The molecule has 4 nitrogen and oxygen atoms in total. The third-order valence-corrected chi connectivity index (χ3v) is 4.79. The Morgan fingerprint density at radius 2 is 1.89 bits per heavy atom. The molecule has 1 heterocycles. The number of hydrogen-bond donors (Lipinski definition) is 1. The van der Waals surface area contributed by atoms with Gasteiger partial charge in [0.15, 0.2) is 0 Å². The third-order valence-electron chi connectivity index (χ3n) is 4.79. The van der Waals surface area contributed by atoms with Crippen LogP contribution in [0.15, 0.2) is 0 Å². The second-order valence-electron chi connectivity index (χ2n) is 6.05. The average Bonchev–Trinajstić information content (AvgIpc) is 2.86. The molecule has 18 heavy (non-hydrogen) atoms. The van der Waals surface area contributed by atoms with Gasteiger partial charge in [-0.25, -0.2) is 0 Å². The van der Waals surface area contributed by atoms with E-state index < -0.39 is 0 Å². The Morgan fingerprint density at radius 1 is 1.22 bits per heavy atom. The summed E-state index contributed by atoms with van der Waals surface area (Å²) in [5.41, 5.74) is 5.78. The van der Waals surface area contributed by atoms with Gasteiger partial charge in [0.25, 0.3) is 0 Å². The van der Waals surface area contributed by atoms with Gasteiger partial charge in [0, 0.05) is 25.0 Å².